The summed E-state index contributed by atoms with van der Waals surface area (Å²) in [6.07, 6.45) is 7.41. The van der Waals surface area contributed by atoms with E-state index in [0.717, 1.165) is 28.8 Å². The second kappa shape index (κ2) is 12.4. The van der Waals surface area contributed by atoms with Crippen LogP contribution in [0, 0.1) is 5.92 Å². The van der Waals surface area contributed by atoms with Crippen molar-refractivity contribution >= 4 is 35.8 Å². The van der Waals surface area contributed by atoms with Crippen LogP contribution in [0.25, 0.3) is 12.2 Å². The van der Waals surface area contributed by atoms with E-state index in [1.165, 1.54) is 0 Å². The van der Waals surface area contributed by atoms with Gasteiger partial charge in [-0.05, 0) is 54.8 Å². The van der Waals surface area contributed by atoms with Crippen LogP contribution in [0.3, 0.4) is 0 Å². The van der Waals surface area contributed by atoms with Crippen LogP contribution in [0.5, 0.6) is 11.5 Å². The molecule has 5 rings (SSSR count). The normalized spacial score (nSPS) is 13.9. The third-order valence-corrected chi connectivity index (χ3v) is 7.08. The number of nitrogens with zero attached hydrogens (tertiary/aromatic N) is 2. The van der Waals surface area contributed by atoms with E-state index in [-0.39, 0.29) is 12.3 Å². The first kappa shape index (κ1) is 26.8. The number of benzene rings is 3. The fourth-order valence-corrected chi connectivity index (χ4v) is 4.93. The van der Waals surface area contributed by atoms with Crippen LogP contribution >= 0.6 is 0 Å². The average Bonchev–Trinajstić information content (AvgIpc) is 3.18. The molecule has 0 aliphatic carbocycles. The number of ether oxygens (including phenoxy) is 1. The Morgan fingerprint density at radius 1 is 0.950 bits per heavy atom. The number of pyridine rings is 1. The summed E-state index contributed by atoms with van der Waals surface area (Å²) in [7, 11) is 0. The van der Waals surface area contributed by atoms with Gasteiger partial charge in [-0.1, -0.05) is 67.6 Å². The number of nitrogens with one attached hydrogen (secondary N) is 1. The van der Waals surface area contributed by atoms with Crippen molar-refractivity contribution in [3.63, 3.8) is 0 Å². The van der Waals surface area contributed by atoms with Gasteiger partial charge in [0.15, 0.2) is 0 Å². The fraction of sp³-hybridized carbons (Fsp3) is 0.182. The van der Waals surface area contributed by atoms with Gasteiger partial charge < -0.3 is 20.1 Å². The summed E-state index contributed by atoms with van der Waals surface area (Å²) >= 11 is 0. The first-order chi connectivity index (χ1) is 19.5. The molecule has 202 valence electrons. The van der Waals surface area contributed by atoms with Gasteiger partial charge >= 0.3 is 0 Å². The molecule has 2 heterocycles. The third-order valence-electron chi connectivity index (χ3n) is 7.08. The van der Waals surface area contributed by atoms with E-state index < -0.39 is 18.1 Å². The van der Waals surface area contributed by atoms with E-state index in [0.29, 0.717) is 23.5 Å². The molecule has 1 aliphatic rings. The molecule has 0 spiro atoms. The second-order valence-electron chi connectivity index (χ2n) is 9.86. The number of carbonyl (C=O) groups excluding carboxylic acids is 2. The van der Waals surface area contributed by atoms with Gasteiger partial charge in [-0.15, -0.1) is 0 Å². The molecule has 0 unspecified atom stereocenters. The number of hydrogen-bond acceptors (Lipinski definition) is 5. The zero-order chi connectivity index (χ0) is 27.9. The molecule has 7 nitrogen and oxygen atoms in total. The highest BCUT2D eigenvalue weighted by Crippen LogP contribution is 2.39. The number of rotatable bonds is 10. The molecule has 7 heteroatoms. The van der Waals surface area contributed by atoms with E-state index in [4.69, 9.17) is 4.74 Å². The standard InChI is InChI=1S/C33H31N3O4/c1-23(33(39)35-26-16-18-34-19-17-26)20-30(38)29(21-24-8-3-2-4-9-24)36(22-37)28-11-7-13-32-27(28)15-14-25-10-5-6-12-31(25)40-32/h2-19,22-23,29-30,38H,20-21H2,1H3,(H,34,35,39)/t23-,29+,30+/m1/s1. The Kier molecular flexibility index (Phi) is 8.32. The van der Waals surface area contributed by atoms with Crippen LogP contribution in [0.1, 0.15) is 30.0 Å². The minimum Gasteiger partial charge on any atom is -0.456 e. The molecule has 0 bridgehead atoms. The lowest BCUT2D eigenvalue weighted by atomic mass is 9.92. The zero-order valence-electron chi connectivity index (χ0n) is 22.2. The predicted octanol–water partition coefficient (Wildman–Crippen LogP) is 5.96. The Morgan fingerprint density at radius 3 is 2.45 bits per heavy atom. The smallest absolute Gasteiger partial charge is 0.227 e. The van der Waals surface area contributed by atoms with E-state index in [2.05, 4.69) is 10.3 Å². The summed E-state index contributed by atoms with van der Waals surface area (Å²) in [5.41, 5.74) is 3.88. The number of hydrogen-bond donors (Lipinski definition) is 2. The van der Waals surface area contributed by atoms with Crippen LogP contribution < -0.4 is 15.0 Å². The van der Waals surface area contributed by atoms with Crippen molar-refractivity contribution in [3.05, 3.63) is 114 Å². The summed E-state index contributed by atoms with van der Waals surface area (Å²) in [6, 6.07) is 25.8. The lowest BCUT2D eigenvalue weighted by Crippen LogP contribution is -2.46. The molecule has 1 aromatic heterocycles. The van der Waals surface area contributed by atoms with Gasteiger partial charge in [-0.2, -0.15) is 0 Å². The fourth-order valence-electron chi connectivity index (χ4n) is 4.93. The Labute approximate surface area is 233 Å². The number of aliphatic hydroxyl groups is 1. The molecule has 1 aliphatic heterocycles. The Balaban J connectivity index is 1.45. The zero-order valence-corrected chi connectivity index (χ0v) is 22.2. The molecular weight excluding hydrogens is 502 g/mol. The summed E-state index contributed by atoms with van der Waals surface area (Å²) in [5, 5.41) is 14.4. The highest BCUT2D eigenvalue weighted by atomic mass is 16.5. The summed E-state index contributed by atoms with van der Waals surface area (Å²) in [6.45, 7) is 1.77. The number of fused-ring (bicyclic) bond motifs is 2. The van der Waals surface area contributed by atoms with Crippen molar-refractivity contribution in [1.82, 2.24) is 4.98 Å². The molecule has 0 saturated heterocycles. The molecule has 3 aromatic carbocycles. The highest BCUT2D eigenvalue weighted by molar-refractivity contribution is 5.92. The maximum absolute atomic E-state index is 12.9. The summed E-state index contributed by atoms with van der Waals surface area (Å²) < 4.78 is 6.22. The van der Waals surface area contributed by atoms with Gasteiger partial charge in [0.05, 0.1) is 17.8 Å². The molecule has 0 radical (unpaired) electrons. The molecule has 4 aromatic rings. The van der Waals surface area contributed by atoms with Crippen molar-refractivity contribution in [2.24, 2.45) is 5.92 Å². The lowest BCUT2D eigenvalue weighted by molar-refractivity contribution is -0.120. The quantitative estimate of drug-likeness (QED) is 0.216. The molecule has 2 N–H and O–H groups in total. The monoisotopic (exact) mass is 533 g/mol. The van der Waals surface area contributed by atoms with Gasteiger partial charge in [0.2, 0.25) is 12.3 Å². The lowest BCUT2D eigenvalue weighted by Gasteiger charge is -2.34. The third kappa shape index (κ3) is 6.11. The molecule has 0 fully saturated rings. The number of aliphatic hydroxyl groups excluding tert-OH is 1. The van der Waals surface area contributed by atoms with Crippen LogP contribution in [-0.4, -0.2) is 34.6 Å². The molecule has 0 saturated carbocycles. The summed E-state index contributed by atoms with van der Waals surface area (Å²) in [5.74, 6) is 0.607. The van der Waals surface area contributed by atoms with Gasteiger partial charge in [0, 0.05) is 35.1 Å². The SMILES string of the molecule is C[C@H](C[C@H](O)[C@H](Cc1ccccc1)N(C=O)c1cccc2c1C=Cc1ccccc1O2)C(=O)Nc1ccncc1. The number of para-hydroxylation sites is 1. The maximum atomic E-state index is 12.9. The second-order valence-corrected chi connectivity index (χ2v) is 9.86. The molecule has 3 atom stereocenters. The van der Waals surface area contributed by atoms with Gasteiger partial charge in [0.25, 0.3) is 0 Å². The van der Waals surface area contributed by atoms with Gasteiger partial charge in [0.1, 0.15) is 11.5 Å². The number of aromatic nitrogens is 1. The van der Waals surface area contributed by atoms with E-state index in [1.54, 1.807) is 36.4 Å². The van der Waals surface area contributed by atoms with Crippen LogP contribution in [0.15, 0.2) is 97.3 Å². The average molecular weight is 534 g/mol. The molecule has 40 heavy (non-hydrogen) atoms. The topological polar surface area (TPSA) is 91.8 Å². The van der Waals surface area contributed by atoms with Crippen molar-refractivity contribution < 1.29 is 19.4 Å². The Bertz CT molecular complexity index is 1490. The first-order valence-corrected chi connectivity index (χ1v) is 13.3. The largest absolute Gasteiger partial charge is 0.456 e. The first-order valence-electron chi connectivity index (χ1n) is 13.3. The van der Waals surface area contributed by atoms with Crippen LogP contribution in [0.4, 0.5) is 11.4 Å². The Morgan fingerprint density at radius 2 is 1.68 bits per heavy atom. The minimum atomic E-state index is -0.993. The highest BCUT2D eigenvalue weighted by Gasteiger charge is 2.31. The Hall–Kier alpha value is -4.75. The summed E-state index contributed by atoms with van der Waals surface area (Å²) in [4.78, 5) is 31.2. The minimum absolute atomic E-state index is 0.158. The van der Waals surface area contributed by atoms with E-state index in [1.807, 2.05) is 84.9 Å². The van der Waals surface area contributed by atoms with Gasteiger partial charge in [-0.3, -0.25) is 14.6 Å². The van der Waals surface area contributed by atoms with E-state index >= 15 is 0 Å². The van der Waals surface area contributed by atoms with E-state index in [9.17, 15) is 14.7 Å². The predicted molar refractivity (Wildman–Crippen MR) is 157 cm³/mol. The van der Waals surface area contributed by atoms with Crippen LogP contribution in [0.2, 0.25) is 0 Å². The molecule has 2 amide bonds. The number of anilines is 2. The maximum Gasteiger partial charge on any atom is 0.227 e. The van der Waals surface area contributed by atoms with Crippen LogP contribution in [-0.2, 0) is 16.0 Å². The van der Waals surface area contributed by atoms with Crippen molar-refractivity contribution in [2.75, 3.05) is 10.2 Å². The van der Waals surface area contributed by atoms with Crippen molar-refractivity contribution in [3.8, 4) is 11.5 Å². The van der Waals surface area contributed by atoms with Crippen molar-refractivity contribution in [1.29, 1.82) is 0 Å². The number of amides is 2. The van der Waals surface area contributed by atoms with Crippen molar-refractivity contribution in [2.45, 2.75) is 31.9 Å². The molecular formula is C33H31N3O4. The van der Waals surface area contributed by atoms with Gasteiger partial charge in [-0.25, -0.2) is 0 Å². The number of carbonyl (C=O) groups is 2.